The highest BCUT2D eigenvalue weighted by Gasteiger charge is 2.03. The van der Waals surface area contributed by atoms with E-state index in [1.54, 1.807) is 11.2 Å². The molecule has 0 bridgehead atoms. The second-order valence-electron chi connectivity index (χ2n) is 5.59. The number of hydrazone groups is 1. The molecule has 0 spiro atoms. The van der Waals surface area contributed by atoms with Crippen LogP contribution in [-0.4, -0.2) is 32.0 Å². The van der Waals surface area contributed by atoms with Crippen LogP contribution in [0.25, 0.3) is 0 Å². The molecule has 0 saturated carbocycles. The smallest absolute Gasteiger partial charge is 0.169 e. The van der Waals surface area contributed by atoms with Crippen LogP contribution >= 0.6 is 0 Å². The van der Waals surface area contributed by atoms with E-state index in [1.165, 1.54) is 5.56 Å². The van der Waals surface area contributed by atoms with Crippen molar-refractivity contribution in [3.05, 3.63) is 59.9 Å². The number of pyridine rings is 1. The predicted octanol–water partition coefficient (Wildman–Crippen LogP) is 1.69. The van der Waals surface area contributed by atoms with Crippen molar-refractivity contribution >= 4 is 22.0 Å². The molecule has 0 fully saturated rings. The maximum absolute atomic E-state index is 10.6. The first kappa shape index (κ1) is 18.1. The van der Waals surface area contributed by atoms with Gasteiger partial charge >= 0.3 is 0 Å². The zero-order valence-corrected chi connectivity index (χ0v) is 14.6. The zero-order valence-electron chi connectivity index (χ0n) is 13.8. The largest absolute Gasteiger partial charge is 0.748 e. The van der Waals surface area contributed by atoms with Gasteiger partial charge in [0.1, 0.15) is 6.54 Å². The van der Waals surface area contributed by atoms with Gasteiger partial charge in [-0.3, -0.25) is 5.01 Å². The Balaban J connectivity index is 1.92. The van der Waals surface area contributed by atoms with Gasteiger partial charge in [0.05, 0.1) is 22.0 Å². The number of aryl methyl sites for hydroxylation is 2. The third kappa shape index (κ3) is 6.10. The molecule has 0 aliphatic carbocycles. The molecule has 0 N–H and O–H groups in total. The van der Waals surface area contributed by atoms with Gasteiger partial charge in [-0.15, -0.1) is 0 Å². The van der Waals surface area contributed by atoms with Gasteiger partial charge in [-0.05, 0) is 19.1 Å². The standard InChI is InChI=1S/C17H21N3O3S/c1-15-4-6-17(7-5-15)19(2)18-14-16-8-11-20(12-9-16)10-3-13-24(21,22)23/h4-9,11-12,14H,3,10,13H2,1-2H3. The van der Waals surface area contributed by atoms with Gasteiger partial charge in [-0.2, -0.15) is 5.10 Å². The first-order valence-corrected chi connectivity index (χ1v) is 9.18. The number of benzene rings is 1. The van der Waals surface area contributed by atoms with Gasteiger partial charge in [-0.1, -0.05) is 17.7 Å². The summed E-state index contributed by atoms with van der Waals surface area (Å²) < 4.78 is 33.6. The SMILES string of the molecule is Cc1ccc(N(C)/N=C/c2cc[n+](CCCS(=O)(=O)[O-])cc2)cc1. The molecule has 0 radical (unpaired) electrons. The number of rotatable bonds is 7. The monoisotopic (exact) mass is 347 g/mol. The van der Waals surface area contributed by atoms with E-state index < -0.39 is 10.1 Å². The molecular weight excluding hydrogens is 326 g/mol. The van der Waals surface area contributed by atoms with Crippen LogP contribution in [0.3, 0.4) is 0 Å². The first-order valence-electron chi connectivity index (χ1n) is 7.60. The molecule has 0 unspecified atom stereocenters. The maximum atomic E-state index is 10.6. The minimum Gasteiger partial charge on any atom is -0.748 e. The Morgan fingerprint density at radius 1 is 1.17 bits per heavy atom. The fourth-order valence-electron chi connectivity index (χ4n) is 2.11. The lowest BCUT2D eigenvalue weighted by Crippen LogP contribution is -2.33. The van der Waals surface area contributed by atoms with E-state index in [9.17, 15) is 13.0 Å². The van der Waals surface area contributed by atoms with E-state index in [1.807, 2.05) is 67.3 Å². The minimum atomic E-state index is -4.14. The summed E-state index contributed by atoms with van der Waals surface area (Å²) in [5.74, 6) is -0.343. The van der Waals surface area contributed by atoms with Gasteiger partial charge in [0.25, 0.3) is 0 Å². The minimum absolute atomic E-state index is 0.306. The fraction of sp³-hybridized carbons (Fsp3) is 0.294. The van der Waals surface area contributed by atoms with Crippen molar-refractivity contribution in [3.8, 4) is 0 Å². The quantitative estimate of drug-likeness (QED) is 0.330. The average molecular weight is 347 g/mol. The molecule has 1 aromatic carbocycles. The van der Waals surface area contributed by atoms with Crippen molar-refractivity contribution in [1.82, 2.24) is 0 Å². The second-order valence-corrected chi connectivity index (χ2v) is 7.11. The van der Waals surface area contributed by atoms with Gasteiger partial charge in [-0.25, -0.2) is 13.0 Å². The Hall–Kier alpha value is -2.25. The molecule has 128 valence electrons. The van der Waals surface area contributed by atoms with E-state index in [0.717, 1.165) is 11.3 Å². The zero-order chi connectivity index (χ0) is 17.6. The summed E-state index contributed by atoms with van der Waals surface area (Å²) in [6.07, 6.45) is 5.74. The van der Waals surface area contributed by atoms with E-state index in [2.05, 4.69) is 5.10 Å². The van der Waals surface area contributed by atoms with Crippen LogP contribution < -0.4 is 9.58 Å². The van der Waals surface area contributed by atoms with Crippen molar-refractivity contribution in [3.63, 3.8) is 0 Å². The first-order chi connectivity index (χ1) is 11.3. The summed E-state index contributed by atoms with van der Waals surface area (Å²) in [6, 6.07) is 11.9. The summed E-state index contributed by atoms with van der Waals surface area (Å²) in [5, 5.41) is 6.19. The van der Waals surface area contributed by atoms with Gasteiger partial charge < -0.3 is 4.55 Å². The molecule has 0 aliphatic heterocycles. The highest BCUT2D eigenvalue weighted by Crippen LogP contribution is 2.13. The normalized spacial score (nSPS) is 11.8. The topological polar surface area (TPSA) is 76.7 Å². The second kappa shape index (κ2) is 8.03. The molecule has 0 aliphatic rings. The van der Waals surface area contributed by atoms with Gasteiger partial charge in [0.2, 0.25) is 0 Å². The van der Waals surface area contributed by atoms with Crippen molar-refractivity contribution in [2.45, 2.75) is 19.9 Å². The molecule has 0 saturated heterocycles. The third-order valence-electron chi connectivity index (χ3n) is 3.52. The fourth-order valence-corrected chi connectivity index (χ4v) is 2.59. The molecule has 6 nitrogen and oxygen atoms in total. The molecule has 1 heterocycles. The molecule has 0 amide bonds. The van der Waals surface area contributed by atoms with E-state index >= 15 is 0 Å². The van der Waals surface area contributed by atoms with Crippen LogP contribution in [0.5, 0.6) is 0 Å². The highest BCUT2D eigenvalue weighted by atomic mass is 32.2. The van der Waals surface area contributed by atoms with Crippen LogP contribution in [0.4, 0.5) is 5.69 Å². The van der Waals surface area contributed by atoms with Crippen LogP contribution in [0.1, 0.15) is 17.5 Å². The molecule has 24 heavy (non-hydrogen) atoms. The molecule has 2 aromatic rings. The average Bonchev–Trinajstić information content (AvgIpc) is 2.53. The molecule has 7 heteroatoms. The van der Waals surface area contributed by atoms with Crippen LogP contribution in [0.15, 0.2) is 53.9 Å². The number of aromatic nitrogens is 1. The van der Waals surface area contributed by atoms with Crippen LogP contribution in [-0.2, 0) is 16.7 Å². The van der Waals surface area contributed by atoms with Crippen molar-refractivity contribution < 1.29 is 17.5 Å². The van der Waals surface area contributed by atoms with E-state index in [-0.39, 0.29) is 5.75 Å². The number of hydrogen-bond acceptors (Lipinski definition) is 5. The predicted molar refractivity (Wildman–Crippen MR) is 93.0 cm³/mol. The van der Waals surface area contributed by atoms with Crippen LogP contribution in [0.2, 0.25) is 0 Å². The summed E-state index contributed by atoms with van der Waals surface area (Å²) in [5.41, 5.74) is 3.14. The van der Waals surface area contributed by atoms with Gasteiger partial charge in [0.15, 0.2) is 12.4 Å². The Bertz CT molecular complexity index is 785. The number of anilines is 1. The van der Waals surface area contributed by atoms with E-state index in [4.69, 9.17) is 0 Å². The lowest BCUT2D eigenvalue weighted by molar-refractivity contribution is -0.696. The Kier molecular flexibility index (Phi) is 6.05. The number of hydrogen-bond donors (Lipinski definition) is 0. The van der Waals surface area contributed by atoms with Crippen molar-refractivity contribution in [1.29, 1.82) is 0 Å². The molecular formula is C17H21N3O3S. The Morgan fingerprint density at radius 2 is 1.79 bits per heavy atom. The van der Waals surface area contributed by atoms with E-state index in [0.29, 0.717) is 13.0 Å². The van der Waals surface area contributed by atoms with Crippen LogP contribution in [0, 0.1) is 6.92 Å². The molecule has 1 aromatic heterocycles. The summed E-state index contributed by atoms with van der Waals surface area (Å²) >= 11 is 0. The Labute approximate surface area is 142 Å². The van der Waals surface area contributed by atoms with Gasteiger partial charge in [0, 0.05) is 36.9 Å². The highest BCUT2D eigenvalue weighted by molar-refractivity contribution is 7.85. The lowest BCUT2D eigenvalue weighted by Gasteiger charge is -2.12. The van der Waals surface area contributed by atoms with Crippen molar-refractivity contribution in [2.24, 2.45) is 5.10 Å². The number of nitrogens with zero attached hydrogens (tertiary/aromatic N) is 3. The summed E-state index contributed by atoms with van der Waals surface area (Å²) in [4.78, 5) is 0. The maximum Gasteiger partial charge on any atom is 0.169 e. The lowest BCUT2D eigenvalue weighted by atomic mass is 10.2. The van der Waals surface area contributed by atoms with Crippen molar-refractivity contribution in [2.75, 3.05) is 17.8 Å². The summed E-state index contributed by atoms with van der Waals surface area (Å²) in [6.45, 7) is 2.53. The molecule has 2 rings (SSSR count). The molecule has 0 atom stereocenters. The third-order valence-corrected chi connectivity index (χ3v) is 4.30. The summed E-state index contributed by atoms with van der Waals surface area (Å²) in [7, 11) is -2.26. The Morgan fingerprint density at radius 3 is 2.38 bits per heavy atom.